The maximum atomic E-state index is 10.9. The van der Waals surface area contributed by atoms with E-state index in [2.05, 4.69) is 5.43 Å². The molecule has 2 aliphatic rings. The van der Waals surface area contributed by atoms with Crippen molar-refractivity contribution >= 4 is 11.8 Å². The normalized spacial score (nSPS) is 17.4. The van der Waals surface area contributed by atoms with Crippen LogP contribution in [0, 0.1) is 0 Å². The summed E-state index contributed by atoms with van der Waals surface area (Å²) < 4.78 is 5.55. The van der Waals surface area contributed by atoms with Crippen molar-refractivity contribution in [3.8, 4) is 5.75 Å². The number of amides is 1. The molecule has 0 aliphatic carbocycles. The monoisotopic (exact) mass is 218 g/mol. The number of para-hydroxylation sites is 1. The predicted octanol–water partition coefficient (Wildman–Crippen LogP) is 1.29. The van der Waals surface area contributed by atoms with Gasteiger partial charge in [-0.2, -0.15) is 0 Å². The Labute approximate surface area is 91.9 Å². The molecule has 1 aromatic rings. The van der Waals surface area contributed by atoms with Gasteiger partial charge < -0.3 is 9.84 Å². The van der Waals surface area contributed by atoms with Gasteiger partial charge >= 0.3 is 6.09 Å². The molecule has 0 atom stereocenters. The zero-order chi connectivity index (χ0) is 11.1. The quantitative estimate of drug-likeness (QED) is 0.688. The fourth-order valence-electron chi connectivity index (χ4n) is 1.97. The van der Waals surface area contributed by atoms with E-state index in [0.29, 0.717) is 13.2 Å². The highest BCUT2D eigenvalue weighted by Crippen LogP contribution is 2.34. The number of hydrogen-bond acceptors (Lipinski definition) is 3. The standard InChI is InChI=1S/C11H10N2O3/c14-11(15)13-5-7-6-16-9-4-2-1-3-8(9)10(7)12-13/h1-4,12H,5-6H2,(H,14,15). The predicted molar refractivity (Wildman–Crippen MR) is 56.7 cm³/mol. The molecule has 82 valence electrons. The molecule has 1 amide bonds. The molecule has 2 aliphatic heterocycles. The van der Waals surface area contributed by atoms with Gasteiger partial charge in [-0.15, -0.1) is 0 Å². The van der Waals surface area contributed by atoms with Gasteiger partial charge in [-0.3, -0.25) is 5.43 Å². The van der Waals surface area contributed by atoms with Crippen molar-refractivity contribution in [2.24, 2.45) is 0 Å². The molecule has 0 fully saturated rings. The van der Waals surface area contributed by atoms with Crippen LogP contribution < -0.4 is 10.2 Å². The molecule has 5 nitrogen and oxygen atoms in total. The van der Waals surface area contributed by atoms with E-state index in [4.69, 9.17) is 9.84 Å². The van der Waals surface area contributed by atoms with Crippen molar-refractivity contribution in [3.63, 3.8) is 0 Å². The summed E-state index contributed by atoms with van der Waals surface area (Å²) in [5, 5.41) is 10.1. The van der Waals surface area contributed by atoms with Gasteiger partial charge in [0.05, 0.1) is 12.2 Å². The van der Waals surface area contributed by atoms with Crippen LogP contribution in [0.4, 0.5) is 4.79 Å². The highest BCUT2D eigenvalue weighted by molar-refractivity contribution is 5.79. The minimum absolute atomic E-state index is 0.360. The second-order valence-electron chi connectivity index (χ2n) is 3.74. The molecule has 16 heavy (non-hydrogen) atoms. The van der Waals surface area contributed by atoms with Crippen LogP contribution in [0.15, 0.2) is 29.8 Å². The van der Waals surface area contributed by atoms with Crippen LogP contribution in [0.3, 0.4) is 0 Å². The number of benzene rings is 1. The van der Waals surface area contributed by atoms with E-state index < -0.39 is 6.09 Å². The maximum Gasteiger partial charge on any atom is 0.426 e. The Morgan fingerprint density at radius 3 is 3.06 bits per heavy atom. The number of carboxylic acid groups (broad SMARTS) is 1. The number of hydrogen-bond donors (Lipinski definition) is 2. The highest BCUT2D eigenvalue weighted by atomic mass is 16.5. The third-order valence-electron chi connectivity index (χ3n) is 2.74. The minimum atomic E-state index is -0.980. The lowest BCUT2D eigenvalue weighted by molar-refractivity contribution is 0.141. The minimum Gasteiger partial charge on any atom is -0.488 e. The van der Waals surface area contributed by atoms with Gasteiger partial charge in [0.15, 0.2) is 0 Å². The van der Waals surface area contributed by atoms with Gasteiger partial charge in [0, 0.05) is 11.1 Å². The number of fused-ring (bicyclic) bond motifs is 2. The molecule has 0 radical (unpaired) electrons. The van der Waals surface area contributed by atoms with Crippen LogP contribution in [0.2, 0.25) is 0 Å². The second-order valence-corrected chi connectivity index (χ2v) is 3.74. The van der Waals surface area contributed by atoms with Gasteiger partial charge in [-0.1, -0.05) is 12.1 Å². The summed E-state index contributed by atoms with van der Waals surface area (Å²) in [5.41, 5.74) is 5.64. The van der Waals surface area contributed by atoms with Gasteiger partial charge in [0.1, 0.15) is 12.4 Å². The topological polar surface area (TPSA) is 61.8 Å². The Kier molecular flexibility index (Phi) is 1.80. The van der Waals surface area contributed by atoms with Crippen molar-refractivity contribution in [1.82, 2.24) is 10.4 Å². The Bertz CT molecular complexity index is 496. The average molecular weight is 218 g/mol. The highest BCUT2D eigenvalue weighted by Gasteiger charge is 2.30. The fourth-order valence-corrected chi connectivity index (χ4v) is 1.97. The molecule has 0 saturated heterocycles. The van der Waals surface area contributed by atoms with Crippen LogP contribution in [-0.4, -0.2) is 29.4 Å². The molecule has 5 heteroatoms. The van der Waals surface area contributed by atoms with Gasteiger partial charge in [0.25, 0.3) is 0 Å². The van der Waals surface area contributed by atoms with Crippen LogP contribution in [0.25, 0.3) is 5.70 Å². The molecule has 0 saturated carbocycles. The van der Waals surface area contributed by atoms with Crippen molar-refractivity contribution in [1.29, 1.82) is 0 Å². The van der Waals surface area contributed by atoms with E-state index in [-0.39, 0.29) is 0 Å². The van der Waals surface area contributed by atoms with E-state index in [1.54, 1.807) is 0 Å². The molecule has 3 rings (SSSR count). The third-order valence-corrected chi connectivity index (χ3v) is 2.74. The van der Waals surface area contributed by atoms with E-state index in [0.717, 1.165) is 27.6 Å². The molecule has 1 aromatic carbocycles. The lowest BCUT2D eigenvalue weighted by Crippen LogP contribution is -2.36. The maximum absolute atomic E-state index is 10.9. The summed E-state index contributed by atoms with van der Waals surface area (Å²) in [6, 6.07) is 7.60. The summed E-state index contributed by atoms with van der Waals surface area (Å²) in [5.74, 6) is 0.793. The number of nitrogens with one attached hydrogen (secondary N) is 1. The van der Waals surface area contributed by atoms with Gasteiger partial charge in [-0.25, -0.2) is 9.80 Å². The number of hydrazine groups is 1. The Hall–Kier alpha value is -2.17. The first-order valence-corrected chi connectivity index (χ1v) is 4.97. The first kappa shape index (κ1) is 9.08. The van der Waals surface area contributed by atoms with Crippen molar-refractivity contribution < 1.29 is 14.6 Å². The molecular weight excluding hydrogens is 208 g/mol. The zero-order valence-electron chi connectivity index (χ0n) is 8.43. The lowest BCUT2D eigenvalue weighted by atomic mass is 10.0. The first-order valence-electron chi connectivity index (χ1n) is 4.97. The Morgan fingerprint density at radius 1 is 1.44 bits per heavy atom. The SMILES string of the molecule is O=C(O)N1CC2=C(N1)c1ccccc1OC2. The zero-order valence-corrected chi connectivity index (χ0v) is 8.43. The molecule has 2 heterocycles. The molecule has 0 spiro atoms. The van der Waals surface area contributed by atoms with Crippen LogP contribution >= 0.6 is 0 Å². The van der Waals surface area contributed by atoms with Crippen LogP contribution in [0.1, 0.15) is 5.56 Å². The molecule has 0 aromatic heterocycles. The summed E-state index contributed by atoms with van der Waals surface area (Å²) in [4.78, 5) is 10.9. The molecule has 0 unspecified atom stereocenters. The van der Waals surface area contributed by atoms with E-state index in [9.17, 15) is 4.79 Å². The largest absolute Gasteiger partial charge is 0.488 e. The van der Waals surface area contributed by atoms with E-state index >= 15 is 0 Å². The Balaban J connectivity index is 2.00. The lowest BCUT2D eigenvalue weighted by Gasteiger charge is -2.18. The van der Waals surface area contributed by atoms with Crippen molar-refractivity contribution in [2.75, 3.05) is 13.2 Å². The summed E-state index contributed by atoms with van der Waals surface area (Å²) in [7, 11) is 0. The fraction of sp³-hybridized carbons (Fsp3) is 0.182. The summed E-state index contributed by atoms with van der Waals surface area (Å²) in [6.07, 6.45) is -0.980. The summed E-state index contributed by atoms with van der Waals surface area (Å²) in [6.45, 7) is 0.808. The van der Waals surface area contributed by atoms with Crippen molar-refractivity contribution in [2.45, 2.75) is 0 Å². The molecular formula is C11H10N2O3. The molecule has 0 bridgehead atoms. The van der Waals surface area contributed by atoms with Crippen molar-refractivity contribution in [3.05, 3.63) is 35.4 Å². The summed E-state index contributed by atoms with van der Waals surface area (Å²) >= 11 is 0. The Morgan fingerprint density at radius 2 is 2.25 bits per heavy atom. The second kappa shape index (κ2) is 3.16. The number of carbonyl (C=O) groups is 1. The van der Waals surface area contributed by atoms with Gasteiger partial charge in [-0.05, 0) is 12.1 Å². The first-order chi connectivity index (χ1) is 7.75. The number of ether oxygens (including phenoxy) is 1. The third kappa shape index (κ3) is 1.21. The smallest absolute Gasteiger partial charge is 0.426 e. The van der Waals surface area contributed by atoms with E-state index in [1.807, 2.05) is 24.3 Å². The van der Waals surface area contributed by atoms with E-state index in [1.165, 1.54) is 0 Å². The van der Waals surface area contributed by atoms with Crippen LogP contribution in [-0.2, 0) is 0 Å². The number of rotatable bonds is 0. The average Bonchev–Trinajstić information content (AvgIpc) is 2.73. The number of nitrogens with zero attached hydrogens (tertiary/aromatic N) is 1. The van der Waals surface area contributed by atoms with Gasteiger partial charge in [0.2, 0.25) is 0 Å². The molecule has 2 N–H and O–H groups in total. The van der Waals surface area contributed by atoms with Crippen LogP contribution in [0.5, 0.6) is 5.75 Å².